The zero-order chi connectivity index (χ0) is 22.5. The Bertz CT molecular complexity index is 1060. The van der Waals surface area contributed by atoms with Gasteiger partial charge >= 0.3 is 0 Å². The van der Waals surface area contributed by atoms with Gasteiger partial charge in [-0.05, 0) is 62.4 Å². The molecule has 4 N–H and O–H groups in total. The summed E-state index contributed by atoms with van der Waals surface area (Å²) in [6, 6.07) is 2.10. The topological polar surface area (TPSA) is 110 Å². The normalized spacial score (nSPS) is 25.0. The van der Waals surface area contributed by atoms with Gasteiger partial charge in [0, 0.05) is 36.2 Å². The molecule has 5 rings (SSSR count). The van der Waals surface area contributed by atoms with Crippen LogP contribution in [0.2, 0.25) is 0 Å². The van der Waals surface area contributed by atoms with Gasteiger partial charge in [-0.25, -0.2) is 14.1 Å². The second kappa shape index (κ2) is 8.28. The summed E-state index contributed by atoms with van der Waals surface area (Å²) in [5.74, 6) is 0.377. The molecule has 4 heterocycles. The predicted octanol–water partition coefficient (Wildman–Crippen LogP) is 3.42. The van der Waals surface area contributed by atoms with Crippen molar-refractivity contribution in [2.24, 2.45) is 5.41 Å². The molecule has 172 valence electrons. The van der Waals surface area contributed by atoms with Crippen LogP contribution in [-0.4, -0.2) is 62.8 Å². The van der Waals surface area contributed by atoms with Crippen molar-refractivity contribution in [1.29, 1.82) is 10.8 Å². The fraction of sp³-hybridized carbons (Fsp3) is 0.571. The largest absolute Gasteiger partial charge is 0.381 e. The average Bonchev–Trinajstić information content (AvgIpc) is 3.17. The van der Waals surface area contributed by atoms with Crippen molar-refractivity contribution in [3.05, 3.63) is 24.3 Å². The number of imidazole rings is 1. The molecule has 11 heteroatoms. The SMILES string of the molecule is CC(F)C(=N)SC(=N)c1ncc2c(N3CCC4(CCOC4)C3)cc(SNC3(O)CC3)cn12. The van der Waals surface area contributed by atoms with Gasteiger partial charge in [0.05, 0.1) is 24.0 Å². The first-order chi connectivity index (χ1) is 15.3. The molecule has 2 atom stereocenters. The van der Waals surface area contributed by atoms with Crippen LogP contribution in [0.3, 0.4) is 0 Å². The van der Waals surface area contributed by atoms with Crippen molar-refractivity contribution in [3.8, 4) is 0 Å². The van der Waals surface area contributed by atoms with E-state index in [9.17, 15) is 9.50 Å². The van der Waals surface area contributed by atoms with Crippen LogP contribution >= 0.6 is 23.7 Å². The highest BCUT2D eigenvalue weighted by Crippen LogP contribution is 2.42. The fourth-order valence-corrected chi connectivity index (χ4v) is 5.72. The molecule has 0 bridgehead atoms. The van der Waals surface area contributed by atoms with Gasteiger partial charge in [-0.3, -0.25) is 15.2 Å². The van der Waals surface area contributed by atoms with Gasteiger partial charge < -0.3 is 14.7 Å². The summed E-state index contributed by atoms with van der Waals surface area (Å²) in [6.07, 6.45) is 5.80. The molecule has 0 aromatic carbocycles. The Morgan fingerprint density at radius 3 is 2.84 bits per heavy atom. The molecule has 3 fully saturated rings. The van der Waals surface area contributed by atoms with E-state index in [4.69, 9.17) is 15.6 Å². The van der Waals surface area contributed by atoms with E-state index in [0.29, 0.717) is 5.82 Å². The van der Waals surface area contributed by atoms with Crippen LogP contribution in [0.25, 0.3) is 5.52 Å². The third-order valence-electron chi connectivity index (χ3n) is 6.42. The van der Waals surface area contributed by atoms with Crippen molar-refractivity contribution < 1.29 is 14.2 Å². The minimum absolute atomic E-state index is 0.0310. The Morgan fingerprint density at radius 1 is 1.34 bits per heavy atom. The van der Waals surface area contributed by atoms with Crippen LogP contribution < -0.4 is 9.62 Å². The Kier molecular flexibility index (Phi) is 5.73. The summed E-state index contributed by atoms with van der Waals surface area (Å²) in [5.41, 5.74) is 1.27. The van der Waals surface area contributed by atoms with Gasteiger partial charge in [-0.2, -0.15) is 0 Å². The number of anilines is 1. The second-order valence-electron chi connectivity index (χ2n) is 9.02. The molecule has 2 saturated heterocycles. The average molecular weight is 479 g/mol. The summed E-state index contributed by atoms with van der Waals surface area (Å²) < 4.78 is 24.1. The van der Waals surface area contributed by atoms with E-state index >= 15 is 0 Å². The number of aromatic nitrogens is 2. The van der Waals surface area contributed by atoms with E-state index < -0.39 is 11.9 Å². The molecule has 1 aliphatic carbocycles. The molecule has 2 aromatic heterocycles. The number of rotatable bonds is 6. The molecule has 2 unspecified atom stereocenters. The van der Waals surface area contributed by atoms with Gasteiger partial charge in [0.25, 0.3) is 0 Å². The van der Waals surface area contributed by atoms with Crippen LogP contribution in [0.15, 0.2) is 23.4 Å². The van der Waals surface area contributed by atoms with Gasteiger partial charge in [-0.1, -0.05) is 0 Å². The van der Waals surface area contributed by atoms with Gasteiger partial charge in [-0.15, -0.1) is 0 Å². The van der Waals surface area contributed by atoms with Crippen LogP contribution in [0, 0.1) is 16.2 Å². The number of aliphatic hydroxyl groups is 1. The summed E-state index contributed by atoms with van der Waals surface area (Å²) in [5, 5.41) is 26.2. The lowest BCUT2D eigenvalue weighted by atomic mass is 9.87. The molecule has 1 saturated carbocycles. The number of halogens is 1. The number of fused-ring (bicyclic) bond motifs is 1. The van der Waals surface area contributed by atoms with Crippen LogP contribution in [-0.2, 0) is 4.74 Å². The van der Waals surface area contributed by atoms with Gasteiger partial charge in [0.2, 0.25) is 0 Å². The van der Waals surface area contributed by atoms with E-state index in [2.05, 4.69) is 20.7 Å². The number of nitrogens with zero attached hydrogens (tertiary/aromatic N) is 3. The highest BCUT2D eigenvalue weighted by molar-refractivity contribution is 8.26. The van der Waals surface area contributed by atoms with Crippen LogP contribution in [0.1, 0.15) is 38.4 Å². The van der Waals surface area contributed by atoms with Crippen LogP contribution in [0.4, 0.5) is 10.1 Å². The number of thioether (sulfide) groups is 1. The summed E-state index contributed by atoms with van der Waals surface area (Å²) in [6.45, 7) is 4.72. The fourth-order valence-electron chi connectivity index (χ4n) is 4.25. The number of alkyl halides is 1. The summed E-state index contributed by atoms with van der Waals surface area (Å²) in [4.78, 5) is 7.71. The first-order valence-electron chi connectivity index (χ1n) is 10.8. The molecular formula is C21H27FN6O2S2. The molecule has 1 spiro atoms. The number of hydrogen-bond donors (Lipinski definition) is 4. The molecule has 0 amide bonds. The predicted molar refractivity (Wildman–Crippen MR) is 126 cm³/mol. The number of nitrogens with one attached hydrogen (secondary N) is 3. The summed E-state index contributed by atoms with van der Waals surface area (Å²) >= 11 is 2.15. The Labute approximate surface area is 194 Å². The zero-order valence-corrected chi connectivity index (χ0v) is 19.5. The molecule has 0 radical (unpaired) electrons. The minimum atomic E-state index is -1.42. The zero-order valence-electron chi connectivity index (χ0n) is 17.9. The molecule has 8 nitrogen and oxygen atoms in total. The van der Waals surface area contributed by atoms with E-state index in [0.717, 1.165) is 79.8 Å². The van der Waals surface area contributed by atoms with Crippen molar-refractivity contribution in [3.63, 3.8) is 0 Å². The second-order valence-corrected chi connectivity index (χ2v) is 11.0. The molecule has 2 aliphatic heterocycles. The maximum atomic E-state index is 13.5. The Hall–Kier alpha value is -1.66. The lowest BCUT2D eigenvalue weighted by Gasteiger charge is -2.24. The van der Waals surface area contributed by atoms with Crippen LogP contribution in [0.5, 0.6) is 0 Å². The minimum Gasteiger partial charge on any atom is -0.381 e. The molecule has 32 heavy (non-hydrogen) atoms. The standard InChI is InChI=1S/C21H27FN6O2S2/c1-13(22)17(23)31-18(24)19-25-9-16-15(27-6-4-20(11-27)5-7-30-12-20)8-14(10-28(16)19)32-26-21(29)2-3-21/h8-10,13,23-24,26,29H,2-7,11-12H2,1H3. The first kappa shape index (κ1) is 22.1. The highest BCUT2D eigenvalue weighted by atomic mass is 32.2. The quantitative estimate of drug-likeness (QED) is 0.218. The number of pyridine rings is 1. The third kappa shape index (κ3) is 4.28. The Morgan fingerprint density at radius 2 is 2.16 bits per heavy atom. The molecular weight excluding hydrogens is 451 g/mol. The van der Waals surface area contributed by atoms with Crippen molar-refractivity contribution in [2.45, 2.75) is 49.4 Å². The maximum absolute atomic E-state index is 13.5. The summed E-state index contributed by atoms with van der Waals surface area (Å²) in [7, 11) is 0. The Balaban J connectivity index is 1.49. The van der Waals surface area contributed by atoms with Gasteiger partial charge in [0.15, 0.2) is 5.82 Å². The lowest BCUT2D eigenvalue weighted by molar-refractivity contribution is 0.142. The molecule has 2 aromatic rings. The first-order valence-corrected chi connectivity index (χ1v) is 12.4. The van der Waals surface area contributed by atoms with Crippen molar-refractivity contribution in [2.75, 3.05) is 31.2 Å². The van der Waals surface area contributed by atoms with Gasteiger partial charge in [0.1, 0.15) is 22.0 Å². The van der Waals surface area contributed by atoms with E-state index in [-0.39, 0.29) is 15.5 Å². The van der Waals surface area contributed by atoms with Crippen molar-refractivity contribution in [1.82, 2.24) is 14.1 Å². The maximum Gasteiger partial charge on any atom is 0.169 e. The highest BCUT2D eigenvalue weighted by Gasteiger charge is 2.42. The monoisotopic (exact) mass is 478 g/mol. The molecule has 3 aliphatic rings. The van der Waals surface area contributed by atoms with E-state index in [1.54, 1.807) is 6.20 Å². The number of hydrogen-bond acceptors (Lipinski definition) is 9. The van der Waals surface area contributed by atoms with Crippen molar-refractivity contribution >= 4 is 45.0 Å². The third-order valence-corrected chi connectivity index (χ3v) is 8.29. The van der Waals surface area contributed by atoms with E-state index in [1.807, 2.05) is 10.6 Å². The van der Waals surface area contributed by atoms with E-state index in [1.165, 1.54) is 18.9 Å². The number of ether oxygens (including phenoxy) is 1. The smallest absolute Gasteiger partial charge is 0.169 e. The lowest BCUT2D eigenvalue weighted by Crippen LogP contribution is -2.28.